The summed E-state index contributed by atoms with van der Waals surface area (Å²) in [6.07, 6.45) is 10.3. The summed E-state index contributed by atoms with van der Waals surface area (Å²) in [5.74, 6) is 0.491. The van der Waals surface area contributed by atoms with E-state index >= 15 is 0 Å². The third-order valence-electron chi connectivity index (χ3n) is 3.89. The summed E-state index contributed by atoms with van der Waals surface area (Å²) in [5.41, 5.74) is -0.675. The molecule has 2 aliphatic rings. The number of hydrogen-bond acceptors (Lipinski definition) is 5. The standard InChI is InChI=1S/C13H22N2O2S/c1-17-12(16)13(9-18-2)8-15(10-14-13)11-6-4-3-5-7-11/h10-11H,3-9H2,1-2H3. The minimum Gasteiger partial charge on any atom is -0.467 e. The molecule has 5 heteroatoms. The molecule has 4 nitrogen and oxygen atoms in total. The van der Waals surface area contributed by atoms with Crippen LogP contribution in [-0.4, -0.2) is 54.5 Å². The van der Waals surface area contributed by atoms with Gasteiger partial charge in [-0.15, -0.1) is 0 Å². The first-order valence-corrected chi connectivity index (χ1v) is 8.00. The lowest BCUT2D eigenvalue weighted by molar-refractivity contribution is -0.146. The molecular formula is C13H22N2O2S. The molecule has 0 bridgehead atoms. The van der Waals surface area contributed by atoms with E-state index in [0.29, 0.717) is 18.3 Å². The summed E-state index contributed by atoms with van der Waals surface area (Å²) in [7, 11) is 1.45. The smallest absolute Gasteiger partial charge is 0.336 e. The second-order valence-electron chi connectivity index (χ2n) is 5.16. The maximum atomic E-state index is 12.0. The van der Waals surface area contributed by atoms with Crippen molar-refractivity contribution in [1.29, 1.82) is 0 Å². The van der Waals surface area contributed by atoms with Crippen LogP contribution in [0.3, 0.4) is 0 Å². The molecule has 0 saturated heterocycles. The van der Waals surface area contributed by atoms with Gasteiger partial charge in [-0.2, -0.15) is 11.8 Å². The van der Waals surface area contributed by atoms with Crippen LogP contribution in [0.25, 0.3) is 0 Å². The van der Waals surface area contributed by atoms with Crippen LogP contribution in [-0.2, 0) is 9.53 Å². The number of thioether (sulfide) groups is 1. The summed E-state index contributed by atoms with van der Waals surface area (Å²) in [4.78, 5) is 18.7. The van der Waals surface area contributed by atoms with Gasteiger partial charge in [-0.05, 0) is 19.1 Å². The molecule has 1 fully saturated rings. The SMILES string of the molecule is COC(=O)C1(CSC)CN(C2CCCCC2)C=N1. The number of aliphatic imine (C=N–C) groups is 1. The maximum absolute atomic E-state index is 12.0. The minimum atomic E-state index is -0.675. The molecule has 0 amide bonds. The molecule has 102 valence electrons. The van der Waals surface area contributed by atoms with Crippen LogP contribution in [0.2, 0.25) is 0 Å². The molecule has 1 aliphatic carbocycles. The number of esters is 1. The second kappa shape index (κ2) is 5.95. The molecule has 1 aliphatic heterocycles. The van der Waals surface area contributed by atoms with Gasteiger partial charge in [0.1, 0.15) is 0 Å². The second-order valence-corrected chi connectivity index (χ2v) is 6.03. The summed E-state index contributed by atoms with van der Waals surface area (Å²) < 4.78 is 4.93. The molecule has 0 aromatic heterocycles. The Kier molecular flexibility index (Phi) is 4.54. The zero-order valence-electron chi connectivity index (χ0n) is 11.2. The molecule has 2 rings (SSSR count). The van der Waals surface area contributed by atoms with Crippen molar-refractivity contribution in [2.24, 2.45) is 4.99 Å². The minimum absolute atomic E-state index is 0.202. The van der Waals surface area contributed by atoms with E-state index in [1.54, 1.807) is 11.8 Å². The van der Waals surface area contributed by atoms with Crippen molar-refractivity contribution in [3.05, 3.63) is 0 Å². The average Bonchev–Trinajstić information content (AvgIpc) is 2.85. The number of carbonyl (C=O) groups is 1. The van der Waals surface area contributed by atoms with Crippen LogP contribution >= 0.6 is 11.8 Å². The Bertz CT molecular complexity index is 329. The Hall–Kier alpha value is -0.710. The maximum Gasteiger partial charge on any atom is 0.336 e. The number of ether oxygens (including phenoxy) is 1. The average molecular weight is 270 g/mol. The Morgan fingerprint density at radius 3 is 2.83 bits per heavy atom. The van der Waals surface area contributed by atoms with Gasteiger partial charge in [0, 0.05) is 11.8 Å². The van der Waals surface area contributed by atoms with Gasteiger partial charge in [-0.1, -0.05) is 19.3 Å². The monoisotopic (exact) mass is 270 g/mol. The summed E-state index contributed by atoms with van der Waals surface area (Å²) >= 11 is 1.65. The topological polar surface area (TPSA) is 41.9 Å². The number of rotatable bonds is 4. The molecule has 0 radical (unpaired) electrons. The lowest BCUT2D eigenvalue weighted by Crippen LogP contribution is -2.47. The van der Waals surface area contributed by atoms with Crippen molar-refractivity contribution in [3.63, 3.8) is 0 Å². The Balaban J connectivity index is 2.04. The van der Waals surface area contributed by atoms with Gasteiger partial charge in [0.2, 0.25) is 0 Å². The van der Waals surface area contributed by atoms with E-state index in [1.165, 1.54) is 39.2 Å². The van der Waals surface area contributed by atoms with Gasteiger partial charge in [0.05, 0.1) is 20.0 Å². The summed E-state index contributed by atoms with van der Waals surface area (Å²) in [5, 5.41) is 0. The molecular weight excluding hydrogens is 248 g/mol. The van der Waals surface area contributed by atoms with Crippen molar-refractivity contribution in [1.82, 2.24) is 4.90 Å². The lowest BCUT2D eigenvalue weighted by atomic mass is 9.93. The van der Waals surface area contributed by atoms with Crippen molar-refractivity contribution >= 4 is 24.1 Å². The van der Waals surface area contributed by atoms with E-state index in [4.69, 9.17) is 4.74 Å². The molecule has 1 unspecified atom stereocenters. The first kappa shape index (κ1) is 13.7. The molecule has 1 heterocycles. The molecule has 0 aromatic rings. The Morgan fingerprint density at radius 2 is 2.22 bits per heavy atom. The molecule has 1 atom stereocenters. The normalized spacial score (nSPS) is 28.7. The van der Waals surface area contributed by atoms with Gasteiger partial charge in [0.25, 0.3) is 0 Å². The number of nitrogens with zero attached hydrogens (tertiary/aromatic N) is 2. The van der Waals surface area contributed by atoms with Gasteiger partial charge in [-0.25, -0.2) is 4.79 Å². The van der Waals surface area contributed by atoms with Crippen molar-refractivity contribution in [2.45, 2.75) is 43.7 Å². The predicted molar refractivity (Wildman–Crippen MR) is 75.2 cm³/mol. The zero-order valence-corrected chi connectivity index (χ0v) is 12.0. The van der Waals surface area contributed by atoms with Crippen LogP contribution in [0.1, 0.15) is 32.1 Å². The molecule has 0 N–H and O–H groups in total. The third kappa shape index (κ3) is 2.66. The van der Waals surface area contributed by atoms with Crippen LogP contribution in [0.15, 0.2) is 4.99 Å². The third-order valence-corrected chi connectivity index (χ3v) is 4.66. The van der Waals surface area contributed by atoms with E-state index in [0.717, 1.165) is 0 Å². The van der Waals surface area contributed by atoms with E-state index in [9.17, 15) is 4.79 Å². The predicted octanol–water partition coefficient (Wildman–Crippen LogP) is 1.94. The van der Waals surface area contributed by atoms with Crippen LogP contribution in [0, 0.1) is 0 Å². The first-order valence-electron chi connectivity index (χ1n) is 6.60. The quantitative estimate of drug-likeness (QED) is 0.732. The van der Waals surface area contributed by atoms with E-state index in [1.807, 2.05) is 12.6 Å². The summed E-state index contributed by atoms with van der Waals surface area (Å²) in [6.45, 7) is 0.686. The van der Waals surface area contributed by atoms with Crippen molar-refractivity contribution < 1.29 is 9.53 Å². The van der Waals surface area contributed by atoms with E-state index in [2.05, 4.69) is 9.89 Å². The molecule has 0 spiro atoms. The van der Waals surface area contributed by atoms with Crippen LogP contribution in [0.5, 0.6) is 0 Å². The Morgan fingerprint density at radius 1 is 1.50 bits per heavy atom. The number of carbonyl (C=O) groups excluding carboxylic acids is 1. The Labute approximate surface area is 113 Å². The fourth-order valence-corrected chi connectivity index (χ4v) is 3.65. The van der Waals surface area contributed by atoms with Crippen molar-refractivity contribution in [3.8, 4) is 0 Å². The van der Waals surface area contributed by atoms with Gasteiger partial charge in [0.15, 0.2) is 5.54 Å². The van der Waals surface area contributed by atoms with Crippen LogP contribution < -0.4 is 0 Å². The van der Waals surface area contributed by atoms with Crippen molar-refractivity contribution in [2.75, 3.05) is 25.7 Å². The lowest BCUT2D eigenvalue weighted by Gasteiger charge is -2.32. The fraction of sp³-hybridized carbons (Fsp3) is 0.846. The highest BCUT2D eigenvalue weighted by Crippen LogP contribution is 2.29. The first-order chi connectivity index (χ1) is 8.72. The number of methoxy groups -OCH3 is 1. The van der Waals surface area contributed by atoms with Gasteiger partial charge < -0.3 is 9.64 Å². The largest absolute Gasteiger partial charge is 0.467 e. The van der Waals surface area contributed by atoms with Crippen LogP contribution in [0.4, 0.5) is 0 Å². The zero-order chi connectivity index (χ0) is 13.0. The molecule has 1 saturated carbocycles. The van der Waals surface area contributed by atoms with E-state index < -0.39 is 5.54 Å². The summed E-state index contributed by atoms with van der Waals surface area (Å²) in [6, 6.07) is 0.566. The highest BCUT2D eigenvalue weighted by Gasteiger charge is 2.44. The molecule has 18 heavy (non-hydrogen) atoms. The highest BCUT2D eigenvalue weighted by molar-refractivity contribution is 7.98. The highest BCUT2D eigenvalue weighted by atomic mass is 32.2. The fourth-order valence-electron chi connectivity index (χ4n) is 2.89. The van der Waals surface area contributed by atoms with E-state index in [-0.39, 0.29) is 5.97 Å². The van der Waals surface area contributed by atoms with Gasteiger partial charge >= 0.3 is 5.97 Å². The molecule has 0 aromatic carbocycles. The van der Waals surface area contributed by atoms with Gasteiger partial charge in [-0.3, -0.25) is 4.99 Å². The number of hydrogen-bond donors (Lipinski definition) is 0.